The summed E-state index contributed by atoms with van der Waals surface area (Å²) >= 11 is 0. The Kier molecular flexibility index (Phi) is 4.21. The number of Topliss-reactive ketones (excluding diaryl/α,β-unsaturated/α-hetero) is 1. The molecule has 1 aliphatic rings. The first-order valence-electron chi connectivity index (χ1n) is 7.17. The molecule has 3 atom stereocenters. The van der Waals surface area contributed by atoms with Gasteiger partial charge in [-0.25, -0.2) is 0 Å². The van der Waals surface area contributed by atoms with Crippen LogP contribution in [0.25, 0.3) is 0 Å². The molecular formula is C17H24O. The second-order valence-corrected chi connectivity index (χ2v) is 6.10. The van der Waals surface area contributed by atoms with Gasteiger partial charge in [0, 0.05) is 11.8 Å². The summed E-state index contributed by atoms with van der Waals surface area (Å²) < 4.78 is 0. The lowest BCUT2D eigenvalue weighted by atomic mass is 9.68. The summed E-state index contributed by atoms with van der Waals surface area (Å²) in [5, 5.41) is 0. The van der Waals surface area contributed by atoms with Crippen molar-refractivity contribution < 1.29 is 4.79 Å². The largest absolute Gasteiger partial charge is 0.299 e. The summed E-state index contributed by atoms with van der Waals surface area (Å²) in [5.41, 5.74) is 1.30. The van der Waals surface area contributed by atoms with Crippen LogP contribution in [0.3, 0.4) is 0 Å². The zero-order valence-electron chi connectivity index (χ0n) is 11.7. The fourth-order valence-electron chi connectivity index (χ4n) is 3.17. The lowest BCUT2D eigenvalue weighted by Crippen LogP contribution is -2.37. The van der Waals surface area contributed by atoms with E-state index in [9.17, 15) is 4.79 Å². The minimum absolute atomic E-state index is 0.230. The number of hydrogen-bond acceptors (Lipinski definition) is 1. The summed E-state index contributed by atoms with van der Waals surface area (Å²) in [6, 6.07) is 10.4. The Balaban J connectivity index is 2.12. The lowest BCUT2D eigenvalue weighted by molar-refractivity contribution is -0.132. The predicted molar refractivity (Wildman–Crippen MR) is 75.4 cm³/mol. The molecule has 0 saturated heterocycles. The number of carbonyl (C=O) groups is 1. The number of ketones is 1. The van der Waals surface area contributed by atoms with E-state index < -0.39 is 0 Å². The van der Waals surface area contributed by atoms with Gasteiger partial charge in [-0.05, 0) is 36.7 Å². The molecule has 1 nitrogen and oxygen atoms in total. The fraction of sp³-hybridized carbons (Fsp3) is 0.588. The van der Waals surface area contributed by atoms with Crippen molar-refractivity contribution in [2.75, 3.05) is 0 Å². The monoisotopic (exact) mass is 244 g/mol. The van der Waals surface area contributed by atoms with E-state index in [1.54, 1.807) is 0 Å². The van der Waals surface area contributed by atoms with E-state index in [0.717, 1.165) is 12.8 Å². The average molecular weight is 244 g/mol. The maximum Gasteiger partial charge on any atom is 0.139 e. The fourth-order valence-corrected chi connectivity index (χ4v) is 3.17. The molecule has 0 radical (unpaired) electrons. The number of carbonyl (C=O) groups excluding carboxylic acids is 1. The van der Waals surface area contributed by atoms with Crippen molar-refractivity contribution in [2.24, 2.45) is 23.7 Å². The van der Waals surface area contributed by atoms with E-state index >= 15 is 0 Å². The van der Waals surface area contributed by atoms with E-state index in [4.69, 9.17) is 0 Å². The van der Waals surface area contributed by atoms with Crippen LogP contribution in [0.4, 0.5) is 0 Å². The summed E-state index contributed by atoms with van der Waals surface area (Å²) in [6.45, 7) is 6.60. The van der Waals surface area contributed by atoms with Crippen molar-refractivity contribution in [3.05, 3.63) is 35.9 Å². The molecular weight excluding hydrogens is 220 g/mol. The Labute approximate surface area is 111 Å². The highest BCUT2D eigenvalue weighted by Crippen LogP contribution is 2.36. The molecule has 1 aromatic rings. The summed E-state index contributed by atoms with van der Waals surface area (Å²) in [5.74, 6) is 2.05. The van der Waals surface area contributed by atoms with Gasteiger partial charge in [0.05, 0.1) is 0 Å². The Morgan fingerprint density at radius 1 is 1.17 bits per heavy atom. The Hall–Kier alpha value is -1.11. The third kappa shape index (κ3) is 2.82. The highest BCUT2D eigenvalue weighted by Gasteiger charge is 2.36. The van der Waals surface area contributed by atoms with Gasteiger partial charge < -0.3 is 0 Å². The highest BCUT2D eigenvalue weighted by atomic mass is 16.1. The minimum Gasteiger partial charge on any atom is -0.299 e. The van der Waals surface area contributed by atoms with Crippen LogP contribution in [0.5, 0.6) is 0 Å². The smallest absolute Gasteiger partial charge is 0.139 e. The topological polar surface area (TPSA) is 17.1 Å². The van der Waals surface area contributed by atoms with Gasteiger partial charge in [0.15, 0.2) is 0 Å². The quantitative estimate of drug-likeness (QED) is 0.781. The number of rotatable bonds is 3. The maximum absolute atomic E-state index is 12.6. The third-order valence-electron chi connectivity index (χ3n) is 4.45. The normalized spacial score (nSPS) is 28.7. The van der Waals surface area contributed by atoms with Gasteiger partial charge in [0.25, 0.3) is 0 Å². The number of hydrogen-bond donors (Lipinski definition) is 0. The van der Waals surface area contributed by atoms with Gasteiger partial charge in [0.1, 0.15) is 5.78 Å². The van der Waals surface area contributed by atoms with Gasteiger partial charge in [-0.15, -0.1) is 0 Å². The van der Waals surface area contributed by atoms with Gasteiger partial charge in [-0.3, -0.25) is 4.79 Å². The van der Waals surface area contributed by atoms with Crippen molar-refractivity contribution in [1.29, 1.82) is 0 Å². The van der Waals surface area contributed by atoms with Crippen LogP contribution >= 0.6 is 0 Å². The van der Waals surface area contributed by atoms with E-state index in [0.29, 0.717) is 17.6 Å². The zero-order valence-corrected chi connectivity index (χ0v) is 11.7. The molecule has 0 bridgehead atoms. The van der Waals surface area contributed by atoms with Gasteiger partial charge in [0.2, 0.25) is 0 Å². The average Bonchev–Trinajstić information content (AvgIpc) is 2.35. The second-order valence-electron chi connectivity index (χ2n) is 6.10. The van der Waals surface area contributed by atoms with E-state index in [2.05, 4.69) is 45.0 Å². The predicted octanol–water partition coefficient (Wildman–Crippen LogP) is 4.12. The lowest BCUT2D eigenvalue weighted by Gasteiger charge is -2.35. The number of benzene rings is 1. The molecule has 0 N–H and O–H groups in total. The standard InChI is InChI=1S/C17H24O/c1-12(2)15-10-9-13(3)16(17(15)18)11-14-7-5-4-6-8-14/h4-8,12-13,15-16H,9-11H2,1-3H3. The van der Waals surface area contributed by atoms with Crippen LogP contribution in [0, 0.1) is 23.7 Å². The Morgan fingerprint density at radius 2 is 1.83 bits per heavy atom. The minimum atomic E-state index is 0.230. The molecule has 1 saturated carbocycles. The first kappa shape index (κ1) is 13.3. The third-order valence-corrected chi connectivity index (χ3v) is 4.45. The Bertz CT molecular complexity index is 393. The van der Waals surface area contributed by atoms with Crippen LogP contribution in [0.2, 0.25) is 0 Å². The highest BCUT2D eigenvalue weighted by molar-refractivity contribution is 5.85. The molecule has 0 amide bonds. The molecule has 0 aromatic heterocycles. The van der Waals surface area contributed by atoms with Crippen molar-refractivity contribution in [3.8, 4) is 0 Å². The molecule has 1 fully saturated rings. The van der Waals surface area contributed by atoms with Gasteiger partial charge in [-0.1, -0.05) is 51.1 Å². The van der Waals surface area contributed by atoms with Gasteiger partial charge in [-0.2, -0.15) is 0 Å². The van der Waals surface area contributed by atoms with Gasteiger partial charge >= 0.3 is 0 Å². The van der Waals surface area contributed by atoms with Crippen molar-refractivity contribution in [1.82, 2.24) is 0 Å². The molecule has 98 valence electrons. The summed E-state index contributed by atoms with van der Waals surface area (Å²) in [7, 11) is 0. The second kappa shape index (κ2) is 5.69. The maximum atomic E-state index is 12.6. The molecule has 0 aliphatic heterocycles. The van der Waals surface area contributed by atoms with Crippen molar-refractivity contribution >= 4 is 5.78 Å². The van der Waals surface area contributed by atoms with E-state index in [1.165, 1.54) is 12.0 Å². The molecule has 1 aromatic carbocycles. The first-order valence-corrected chi connectivity index (χ1v) is 7.17. The molecule has 2 rings (SSSR count). The van der Waals surface area contributed by atoms with Crippen molar-refractivity contribution in [2.45, 2.75) is 40.0 Å². The molecule has 0 heterocycles. The zero-order chi connectivity index (χ0) is 13.1. The van der Waals surface area contributed by atoms with Crippen LogP contribution in [0.1, 0.15) is 39.2 Å². The SMILES string of the molecule is CC(C)C1CCC(C)C(Cc2ccccc2)C1=O. The first-order chi connectivity index (χ1) is 8.59. The van der Waals surface area contributed by atoms with Crippen LogP contribution in [-0.2, 0) is 11.2 Å². The summed E-state index contributed by atoms with van der Waals surface area (Å²) in [6.07, 6.45) is 3.21. The van der Waals surface area contributed by atoms with Crippen LogP contribution in [-0.4, -0.2) is 5.78 Å². The van der Waals surface area contributed by atoms with Crippen LogP contribution in [0.15, 0.2) is 30.3 Å². The molecule has 1 aliphatic carbocycles. The molecule has 18 heavy (non-hydrogen) atoms. The van der Waals surface area contributed by atoms with Crippen molar-refractivity contribution in [3.63, 3.8) is 0 Å². The Morgan fingerprint density at radius 3 is 2.44 bits per heavy atom. The molecule has 0 spiro atoms. The van der Waals surface area contributed by atoms with Crippen LogP contribution < -0.4 is 0 Å². The molecule has 1 heteroatoms. The van der Waals surface area contributed by atoms with E-state index in [1.807, 2.05) is 6.07 Å². The molecule has 3 unspecified atom stereocenters. The summed E-state index contributed by atoms with van der Waals surface area (Å²) in [4.78, 5) is 12.6. The van der Waals surface area contributed by atoms with E-state index in [-0.39, 0.29) is 11.8 Å².